The average Bonchev–Trinajstić information content (AvgIpc) is 2.82. The van der Waals surface area contributed by atoms with E-state index in [1.54, 1.807) is 60.7 Å². The van der Waals surface area contributed by atoms with Crippen molar-refractivity contribution in [3.8, 4) is 0 Å². The number of hydrogen-bond donors (Lipinski definition) is 0. The highest BCUT2D eigenvalue weighted by molar-refractivity contribution is 6.14. The van der Waals surface area contributed by atoms with Crippen LogP contribution in [0.5, 0.6) is 0 Å². The maximum Gasteiger partial charge on any atom is 0.211 e. The summed E-state index contributed by atoms with van der Waals surface area (Å²) >= 11 is 0. The minimum absolute atomic E-state index is 0.222. The van der Waals surface area contributed by atoms with E-state index in [2.05, 4.69) is 0 Å². The van der Waals surface area contributed by atoms with Crippen molar-refractivity contribution in [2.24, 2.45) is 5.92 Å². The second-order valence-electron chi connectivity index (χ2n) is 7.45. The molecule has 0 fully saturated rings. The maximum atomic E-state index is 13.9. The van der Waals surface area contributed by atoms with Crippen LogP contribution in [0.2, 0.25) is 0 Å². The molecule has 5 nitrogen and oxygen atoms in total. The van der Waals surface area contributed by atoms with Crippen molar-refractivity contribution < 1.29 is 18.9 Å². The molecule has 0 radical (unpaired) electrons. The Hall–Kier alpha value is -4.19. The van der Waals surface area contributed by atoms with Gasteiger partial charge in [-0.25, -0.2) is 4.39 Å². The molecular weight excluding hydrogens is 421 g/mol. The molecule has 6 heteroatoms. The summed E-state index contributed by atoms with van der Waals surface area (Å²) in [5.41, 5.74) is 1.71. The number of hydrogen-bond acceptors (Lipinski definition) is 4. The molecule has 166 valence electrons. The van der Waals surface area contributed by atoms with Crippen LogP contribution in [-0.2, 0) is 9.59 Å². The highest BCUT2D eigenvalue weighted by atomic mass is 19.1. The molecule has 0 bridgehead atoms. The van der Waals surface area contributed by atoms with Gasteiger partial charge >= 0.3 is 0 Å². The molecule has 3 aromatic rings. The summed E-state index contributed by atoms with van der Waals surface area (Å²) < 4.78 is 13.9. The number of nitro groups is 1. The first-order valence-electron chi connectivity index (χ1n) is 10.4. The van der Waals surface area contributed by atoms with Crippen LogP contribution < -0.4 is 0 Å². The van der Waals surface area contributed by atoms with Gasteiger partial charge in [0.2, 0.25) is 6.54 Å². The minimum Gasteiger partial charge on any atom is -0.294 e. The first kappa shape index (κ1) is 23.5. The second-order valence-corrected chi connectivity index (χ2v) is 7.45. The van der Waals surface area contributed by atoms with Gasteiger partial charge in [0, 0.05) is 4.92 Å². The first-order valence-corrected chi connectivity index (χ1v) is 10.4. The van der Waals surface area contributed by atoms with Gasteiger partial charge < -0.3 is 0 Å². The van der Waals surface area contributed by atoms with E-state index in [1.807, 2.05) is 12.1 Å². The topological polar surface area (TPSA) is 77.3 Å². The molecule has 1 atom stereocenters. The molecule has 0 aliphatic carbocycles. The average molecular weight is 443 g/mol. The van der Waals surface area contributed by atoms with E-state index >= 15 is 0 Å². The van der Waals surface area contributed by atoms with Gasteiger partial charge in [0.15, 0.2) is 11.6 Å². The third-order valence-corrected chi connectivity index (χ3v) is 5.12. The van der Waals surface area contributed by atoms with Gasteiger partial charge in [-0.3, -0.25) is 19.7 Å². The predicted molar refractivity (Wildman–Crippen MR) is 125 cm³/mol. The van der Waals surface area contributed by atoms with Gasteiger partial charge in [-0.2, -0.15) is 0 Å². The highest BCUT2D eigenvalue weighted by Crippen LogP contribution is 2.29. The van der Waals surface area contributed by atoms with Crippen molar-refractivity contribution in [2.75, 3.05) is 6.54 Å². The zero-order valence-electron chi connectivity index (χ0n) is 17.7. The number of ketones is 2. The quantitative estimate of drug-likeness (QED) is 0.183. The molecule has 0 amide bonds. The molecule has 0 aromatic heterocycles. The third-order valence-electron chi connectivity index (χ3n) is 5.12. The van der Waals surface area contributed by atoms with Crippen LogP contribution in [-0.4, -0.2) is 23.0 Å². The number of nitrogens with zero attached hydrogens (tertiary/aromatic N) is 1. The van der Waals surface area contributed by atoms with E-state index in [0.717, 1.165) is 17.2 Å². The summed E-state index contributed by atoms with van der Waals surface area (Å²) in [4.78, 5) is 37.2. The van der Waals surface area contributed by atoms with E-state index < -0.39 is 40.7 Å². The van der Waals surface area contributed by atoms with Crippen molar-refractivity contribution in [3.05, 3.63) is 130 Å². The molecule has 0 aliphatic rings. The lowest BCUT2D eigenvalue weighted by Gasteiger charge is -2.21. The Labute approximate surface area is 191 Å². The maximum absolute atomic E-state index is 13.9. The van der Waals surface area contributed by atoms with Crippen molar-refractivity contribution in [1.82, 2.24) is 0 Å². The fourth-order valence-corrected chi connectivity index (χ4v) is 3.53. The van der Waals surface area contributed by atoms with Gasteiger partial charge in [-0.15, -0.1) is 0 Å². The summed E-state index contributed by atoms with van der Waals surface area (Å²) in [6.07, 6.45) is 5.61. The van der Waals surface area contributed by atoms with E-state index in [-0.39, 0.29) is 5.56 Å². The largest absolute Gasteiger partial charge is 0.294 e. The summed E-state index contributed by atoms with van der Waals surface area (Å²) in [7, 11) is 0. The Bertz CT molecular complexity index is 1110. The standard InChI is InChI=1S/C27H22FNO4/c28-23-13-7-12-22(18-23)24(19-29(32)33)27(25(30)16-14-20-8-3-1-4-9-20)26(31)17-15-21-10-5-2-6-11-21/h1-18,24,27H,19H2/b16-14+,17-15+/t24-/m1/s1. The lowest BCUT2D eigenvalue weighted by molar-refractivity contribution is -0.484. The Balaban J connectivity index is 2.00. The molecule has 33 heavy (non-hydrogen) atoms. The minimum atomic E-state index is -1.38. The molecule has 3 aromatic carbocycles. The van der Waals surface area contributed by atoms with Gasteiger partial charge in [0.05, 0.1) is 11.8 Å². The van der Waals surface area contributed by atoms with Crippen molar-refractivity contribution >= 4 is 23.7 Å². The molecule has 0 spiro atoms. The summed E-state index contributed by atoms with van der Waals surface area (Å²) in [6.45, 7) is -0.691. The summed E-state index contributed by atoms with van der Waals surface area (Å²) in [6, 6.07) is 23.3. The van der Waals surface area contributed by atoms with Crippen molar-refractivity contribution in [2.45, 2.75) is 5.92 Å². The van der Waals surface area contributed by atoms with Crippen LogP contribution >= 0.6 is 0 Å². The van der Waals surface area contributed by atoms with Gasteiger partial charge in [-0.05, 0) is 41.0 Å². The SMILES string of the molecule is O=C(/C=C/c1ccccc1)C(C(=O)/C=C/c1ccccc1)[C@H](C[N+](=O)[O-])c1cccc(F)c1. The van der Waals surface area contributed by atoms with Gasteiger partial charge in [-0.1, -0.05) is 84.9 Å². The normalized spacial score (nSPS) is 12.3. The number of benzene rings is 3. The van der Waals surface area contributed by atoms with Crippen LogP contribution in [0.4, 0.5) is 4.39 Å². The summed E-state index contributed by atoms with van der Waals surface area (Å²) in [5, 5.41) is 11.4. The third kappa shape index (κ3) is 6.90. The number of halogens is 1. The molecule has 0 N–H and O–H groups in total. The molecule has 0 saturated heterocycles. The zero-order chi connectivity index (χ0) is 23.6. The van der Waals surface area contributed by atoms with Crippen LogP contribution in [0.3, 0.4) is 0 Å². The van der Waals surface area contributed by atoms with E-state index in [0.29, 0.717) is 0 Å². The fourth-order valence-electron chi connectivity index (χ4n) is 3.53. The van der Waals surface area contributed by atoms with E-state index in [4.69, 9.17) is 0 Å². The number of allylic oxidation sites excluding steroid dienone is 2. The lowest BCUT2D eigenvalue weighted by Crippen LogP contribution is -2.32. The summed E-state index contributed by atoms with van der Waals surface area (Å²) in [5.74, 6) is -4.27. The number of carbonyl (C=O) groups excluding carboxylic acids is 2. The van der Waals surface area contributed by atoms with E-state index in [9.17, 15) is 24.1 Å². The highest BCUT2D eigenvalue weighted by Gasteiger charge is 2.36. The number of rotatable bonds is 10. The van der Waals surface area contributed by atoms with Crippen LogP contribution in [0.25, 0.3) is 12.2 Å². The molecular formula is C27H22FNO4. The Morgan fingerprint density at radius 2 is 1.33 bits per heavy atom. The lowest BCUT2D eigenvalue weighted by atomic mass is 9.80. The zero-order valence-corrected chi connectivity index (χ0v) is 17.7. The Morgan fingerprint density at radius 3 is 1.79 bits per heavy atom. The molecule has 0 unspecified atom stereocenters. The number of carbonyl (C=O) groups is 2. The fraction of sp³-hybridized carbons (Fsp3) is 0.111. The van der Waals surface area contributed by atoms with Gasteiger partial charge in [0.25, 0.3) is 0 Å². The second kappa shape index (κ2) is 11.4. The molecule has 3 rings (SSSR count). The molecule has 0 aliphatic heterocycles. The smallest absolute Gasteiger partial charge is 0.211 e. The Morgan fingerprint density at radius 1 is 0.818 bits per heavy atom. The van der Waals surface area contributed by atoms with Gasteiger partial charge in [0.1, 0.15) is 5.82 Å². The van der Waals surface area contributed by atoms with Crippen LogP contribution in [0.1, 0.15) is 22.6 Å². The first-order chi connectivity index (χ1) is 15.9. The Kier molecular flexibility index (Phi) is 8.13. The van der Waals surface area contributed by atoms with Crippen molar-refractivity contribution in [3.63, 3.8) is 0 Å². The monoisotopic (exact) mass is 443 g/mol. The van der Waals surface area contributed by atoms with Crippen molar-refractivity contribution in [1.29, 1.82) is 0 Å². The van der Waals surface area contributed by atoms with Crippen LogP contribution in [0.15, 0.2) is 97.1 Å². The predicted octanol–water partition coefficient (Wildman–Crippen LogP) is 5.37. The van der Waals surface area contributed by atoms with Crippen LogP contribution in [0, 0.1) is 21.8 Å². The molecule has 0 heterocycles. The molecule has 0 saturated carbocycles. The van der Waals surface area contributed by atoms with E-state index in [1.165, 1.54) is 30.4 Å².